The minimum atomic E-state index is -0.572. The second kappa shape index (κ2) is 12.9. The quantitative estimate of drug-likeness (QED) is 0.279. The van der Waals surface area contributed by atoms with Crippen LogP contribution in [0.2, 0.25) is 5.02 Å². The molecule has 228 valence electrons. The summed E-state index contributed by atoms with van der Waals surface area (Å²) in [5.41, 5.74) is 2.03. The summed E-state index contributed by atoms with van der Waals surface area (Å²) >= 11 is 7.93. The molecular weight excluding hydrogens is 600 g/mol. The monoisotopic (exact) mass is 632 g/mol. The lowest BCUT2D eigenvalue weighted by Crippen LogP contribution is -2.50. The molecule has 2 aliphatic heterocycles. The highest BCUT2D eigenvalue weighted by molar-refractivity contribution is 8.01. The van der Waals surface area contributed by atoms with Gasteiger partial charge in [0, 0.05) is 36.5 Å². The van der Waals surface area contributed by atoms with Gasteiger partial charge in [0.05, 0.1) is 22.4 Å². The third-order valence-corrected chi connectivity index (χ3v) is 9.36. The van der Waals surface area contributed by atoms with Gasteiger partial charge in [0.2, 0.25) is 11.8 Å². The van der Waals surface area contributed by atoms with E-state index in [-0.39, 0.29) is 29.9 Å². The van der Waals surface area contributed by atoms with E-state index in [1.165, 1.54) is 11.8 Å². The number of amides is 4. The fourth-order valence-electron chi connectivity index (χ4n) is 5.76. The third-order valence-electron chi connectivity index (χ3n) is 7.77. The smallest absolute Gasteiger partial charge is 0.327 e. The van der Waals surface area contributed by atoms with E-state index in [1.54, 1.807) is 41.4 Å². The summed E-state index contributed by atoms with van der Waals surface area (Å²) in [6.07, 6.45) is 7.23. The molecule has 4 atom stereocenters. The van der Waals surface area contributed by atoms with Crippen molar-refractivity contribution in [3.05, 3.63) is 83.5 Å². The Hall–Kier alpha value is -4.06. The zero-order valence-corrected chi connectivity index (χ0v) is 25.9. The minimum Gasteiger partial charge on any atom is -0.456 e. The summed E-state index contributed by atoms with van der Waals surface area (Å²) in [4.78, 5) is 47.4. The molecule has 0 bridgehead atoms. The summed E-state index contributed by atoms with van der Waals surface area (Å²) in [5.74, 6) is 0.836. The van der Waals surface area contributed by atoms with Gasteiger partial charge in [-0.15, -0.1) is 0 Å². The van der Waals surface area contributed by atoms with Crippen molar-refractivity contribution in [2.24, 2.45) is 0 Å². The lowest BCUT2D eigenvalue weighted by Gasteiger charge is -2.34. The van der Waals surface area contributed by atoms with Crippen molar-refractivity contribution in [3.8, 4) is 11.5 Å². The van der Waals surface area contributed by atoms with Crippen molar-refractivity contribution < 1.29 is 19.1 Å². The Balaban J connectivity index is 1.13. The molecule has 12 heteroatoms. The number of anilines is 2. The molecule has 1 fully saturated rings. The Kier molecular flexibility index (Phi) is 8.79. The average molecular weight is 633 g/mol. The maximum absolute atomic E-state index is 13.5. The molecule has 10 nitrogen and oxygen atoms in total. The van der Waals surface area contributed by atoms with E-state index < -0.39 is 11.3 Å². The molecule has 0 spiro atoms. The third kappa shape index (κ3) is 6.40. The van der Waals surface area contributed by atoms with Crippen molar-refractivity contribution in [1.82, 2.24) is 25.8 Å². The number of benzene rings is 2. The maximum atomic E-state index is 13.5. The number of pyridine rings is 1. The van der Waals surface area contributed by atoms with Gasteiger partial charge in [0.15, 0.2) is 0 Å². The zero-order chi connectivity index (χ0) is 30.8. The first-order chi connectivity index (χ1) is 21.3. The Bertz CT molecular complexity index is 1600. The van der Waals surface area contributed by atoms with Gasteiger partial charge in [-0.05, 0) is 69.8 Å². The van der Waals surface area contributed by atoms with Crippen LogP contribution in [0.4, 0.5) is 16.2 Å². The predicted molar refractivity (Wildman–Crippen MR) is 171 cm³/mol. The summed E-state index contributed by atoms with van der Waals surface area (Å²) in [6.45, 7) is 0.688. The van der Waals surface area contributed by atoms with Crippen LogP contribution in [0.1, 0.15) is 30.9 Å². The predicted octanol–water partition coefficient (Wildman–Crippen LogP) is 5.18. The van der Waals surface area contributed by atoms with Gasteiger partial charge in [-0.25, -0.2) is 9.78 Å². The van der Waals surface area contributed by atoms with Crippen LogP contribution in [0.5, 0.6) is 11.5 Å². The second-order valence-corrected chi connectivity index (χ2v) is 12.8. The summed E-state index contributed by atoms with van der Waals surface area (Å²) in [7, 11) is 3.88. The van der Waals surface area contributed by atoms with Crippen LogP contribution in [0.25, 0.3) is 0 Å². The summed E-state index contributed by atoms with van der Waals surface area (Å²) in [5, 5.41) is 9.71. The van der Waals surface area contributed by atoms with Gasteiger partial charge in [0.1, 0.15) is 21.8 Å². The van der Waals surface area contributed by atoms with Gasteiger partial charge in [-0.1, -0.05) is 47.6 Å². The van der Waals surface area contributed by atoms with E-state index >= 15 is 0 Å². The highest BCUT2D eigenvalue weighted by Gasteiger charge is 2.47. The Morgan fingerprint density at radius 1 is 1.14 bits per heavy atom. The van der Waals surface area contributed by atoms with Crippen molar-refractivity contribution in [3.63, 3.8) is 0 Å². The Labute approximate surface area is 265 Å². The maximum Gasteiger partial charge on any atom is 0.327 e. The number of nitrogens with zero attached hydrogens (tertiary/aromatic N) is 3. The largest absolute Gasteiger partial charge is 0.456 e. The molecule has 3 heterocycles. The van der Waals surface area contributed by atoms with Gasteiger partial charge in [-0.2, -0.15) is 0 Å². The number of para-hydroxylation sites is 1. The molecule has 2 aromatic carbocycles. The topological polar surface area (TPSA) is 116 Å². The van der Waals surface area contributed by atoms with Gasteiger partial charge >= 0.3 is 6.03 Å². The van der Waals surface area contributed by atoms with Crippen molar-refractivity contribution in [2.75, 3.05) is 25.5 Å². The van der Waals surface area contributed by atoms with E-state index in [0.29, 0.717) is 45.9 Å². The minimum absolute atomic E-state index is 0.00208. The highest BCUT2D eigenvalue weighted by Crippen LogP contribution is 2.51. The number of carbonyl (C=O) groups is 3. The van der Waals surface area contributed by atoms with Crippen molar-refractivity contribution >= 4 is 52.6 Å². The second-order valence-electron chi connectivity index (χ2n) is 11.3. The fourth-order valence-corrected chi connectivity index (χ4v) is 7.20. The SMILES string of the molecule is CN(C)C/C=C/C(=O)N[C@@H]1CC[C@H](NC(=O)C2Sc3nccc4c3C2NC(=O)N4c2ccc(Oc3ccccc3)c(Cl)c2)C1. The molecule has 0 saturated heterocycles. The normalized spacial score (nSPS) is 22.2. The number of thioether (sulfide) groups is 1. The number of aromatic nitrogens is 1. The van der Waals surface area contributed by atoms with Crippen LogP contribution in [-0.2, 0) is 9.59 Å². The lowest BCUT2D eigenvalue weighted by molar-refractivity contribution is -0.121. The molecule has 3 aliphatic rings. The summed E-state index contributed by atoms with van der Waals surface area (Å²) in [6, 6.07) is 15.3. The molecule has 3 N–H and O–H groups in total. The van der Waals surface area contributed by atoms with Crippen molar-refractivity contribution in [2.45, 2.75) is 47.7 Å². The van der Waals surface area contributed by atoms with Crippen LogP contribution < -0.4 is 25.6 Å². The van der Waals surface area contributed by atoms with Crippen LogP contribution in [0.3, 0.4) is 0 Å². The zero-order valence-electron chi connectivity index (χ0n) is 24.3. The molecule has 1 aliphatic carbocycles. The molecular formula is C32H33ClN6O4S. The van der Waals surface area contributed by atoms with E-state index in [4.69, 9.17) is 16.3 Å². The van der Waals surface area contributed by atoms with Crippen LogP contribution in [0.15, 0.2) is 78.0 Å². The van der Waals surface area contributed by atoms with Crippen LogP contribution >= 0.6 is 23.4 Å². The number of hydrogen-bond acceptors (Lipinski definition) is 7. The fraction of sp³-hybridized carbons (Fsp3) is 0.312. The van der Waals surface area contributed by atoms with Gasteiger partial charge in [0.25, 0.3) is 0 Å². The number of hydrogen-bond donors (Lipinski definition) is 3. The van der Waals surface area contributed by atoms with Gasteiger partial charge in [-0.3, -0.25) is 14.5 Å². The number of urea groups is 1. The van der Waals surface area contributed by atoms with E-state index in [0.717, 1.165) is 18.4 Å². The van der Waals surface area contributed by atoms with Crippen LogP contribution in [-0.4, -0.2) is 65.7 Å². The molecule has 0 radical (unpaired) electrons. The van der Waals surface area contributed by atoms with Crippen molar-refractivity contribution in [1.29, 1.82) is 0 Å². The number of likely N-dealkylation sites (N-methyl/N-ethyl adjacent to an activating group) is 1. The molecule has 1 saturated carbocycles. The summed E-state index contributed by atoms with van der Waals surface area (Å²) < 4.78 is 5.90. The standard InChI is InChI=1S/C32H33ClN6O4S/c1-38(2)16-6-9-26(40)35-19-10-11-20(17-19)36-30(41)29-28-27-24(14-15-34-31(27)44-29)39(32(42)37-28)21-12-13-25(23(33)18-21)43-22-7-4-3-5-8-22/h3-9,12-15,18-20,28-29H,10-11,16-17H2,1-2H3,(H,35,40)(H,36,41)(H,37,42)/b9-6+/t19-,20+,28?,29?/m1/s1. The molecule has 1 aromatic heterocycles. The molecule has 44 heavy (non-hydrogen) atoms. The number of carbonyl (C=O) groups excluding carboxylic acids is 3. The first kappa shape index (κ1) is 30.0. The number of rotatable bonds is 9. The highest BCUT2D eigenvalue weighted by atomic mass is 35.5. The Morgan fingerprint density at radius 2 is 1.91 bits per heavy atom. The molecule has 3 aromatic rings. The first-order valence-corrected chi connectivity index (χ1v) is 15.7. The first-order valence-electron chi connectivity index (χ1n) is 14.5. The molecule has 6 rings (SSSR count). The van der Waals surface area contributed by atoms with Crippen LogP contribution in [0, 0.1) is 0 Å². The van der Waals surface area contributed by atoms with E-state index in [1.807, 2.05) is 55.4 Å². The molecule has 2 unspecified atom stereocenters. The number of ether oxygens (including phenoxy) is 1. The average Bonchev–Trinajstić information content (AvgIpc) is 3.59. The number of nitrogens with one attached hydrogen (secondary N) is 3. The molecule has 4 amide bonds. The number of halogens is 1. The Morgan fingerprint density at radius 3 is 2.66 bits per heavy atom. The van der Waals surface area contributed by atoms with Gasteiger partial charge < -0.3 is 25.6 Å². The lowest BCUT2D eigenvalue weighted by atomic mass is 9.99. The van der Waals surface area contributed by atoms with E-state index in [2.05, 4.69) is 20.9 Å². The van der Waals surface area contributed by atoms with E-state index in [9.17, 15) is 14.4 Å².